The molecule has 0 aliphatic rings. The summed E-state index contributed by atoms with van der Waals surface area (Å²) in [4.78, 5) is 0. The Balaban J connectivity index is 1.99. The van der Waals surface area contributed by atoms with Gasteiger partial charge < -0.3 is 4.74 Å². The standard InChI is InChI=1S/C12H13FN2O/c1-2-15-8-11(7-14-15)16-9-10-5-3-4-6-12(10)13/h3-8H,2,9H2,1H3. The summed E-state index contributed by atoms with van der Waals surface area (Å²) in [7, 11) is 0. The van der Waals surface area contributed by atoms with Crippen LogP contribution >= 0.6 is 0 Å². The van der Waals surface area contributed by atoms with Gasteiger partial charge in [-0.3, -0.25) is 4.68 Å². The van der Waals surface area contributed by atoms with E-state index in [9.17, 15) is 4.39 Å². The highest BCUT2D eigenvalue weighted by Gasteiger charge is 2.02. The number of benzene rings is 1. The van der Waals surface area contributed by atoms with Crippen molar-refractivity contribution in [2.24, 2.45) is 0 Å². The molecule has 0 atom stereocenters. The lowest BCUT2D eigenvalue weighted by Gasteiger charge is -2.04. The quantitative estimate of drug-likeness (QED) is 0.792. The van der Waals surface area contributed by atoms with Crippen molar-refractivity contribution >= 4 is 0 Å². The Kier molecular flexibility index (Phi) is 3.19. The van der Waals surface area contributed by atoms with Gasteiger partial charge in [-0.25, -0.2) is 4.39 Å². The molecule has 4 heteroatoms. The van der Waals surface area contributed by atoms with Gasteiger partial charge in [-0.1, -0.05) is 18.2 Å². The topological polar surface area (TPSA) is 27.1 Å². The largest absolute Gasteiger partial charge is 0.486 e. The lowest BCUT2D eigenvalue weighted by Crippen LogP contribution is -1.97. The zero-order chi connectivity index (χ0) is 11.4. The Hall–Kier alpha value is -1.84. The average Bonchev–Trinajstić information content (AvgIpc) is 2.76. The fraction of sp³-hybridized carbons (Fsp3) is 0.250. The number of aromatic nitrogens is 2. The van der Waals surface area contributed by atoms with Crippen LogP contribution in [0.5, 0.6) is 5.75 Å². The highest BCUT2D eigenvalue weighted by molar-refractivity contribution is 5.18. The Morgan fingerprint density at radius 1 is 1.38 bits per heavy atom. The number of halogens is 1. The van der Waals surface area contributed by atoms with E-state index in [1.54, 1.807) is 35.3 Å². The van der Waals surface area contributed by atoms with Crippen molar-refractivity contribution in [2.75, 3.05) is 0 Å². The van der Waals surface area contributed by atoms with E-state index in [2.05, 4.69) is 5.10 Å². The molecule has 0 aliphatic heterocycles. The van der Waals surface area contributed by atoms with Crippen molar-refractivity contribution in [3.63, 3.8) is 0 Å². The van der Waals surface area contributed by atoms with Gasteiger partial charge in [-0.2, -0.15) is 5.10 Å². The molecule has 0 radical (unpaired) electrons. The molecule has 2 rings (SSSR count). The summed E-state index contributed by atoms with van der Waals surface area (Å²) in [5.74, 6) is 0.412. The molecule has 1 heterocycles. The van der Waals surface area contributed by atoms with E-state index >= 15 is 0 Å². The van der Waals surface area contributed by atoms with Crippen LogP contribution in [0.25, 0.3) is 0 Å². The molecule has 1 aromatic heterocycles. The van der Waals surface area contributed by atoms with Gasteiger partial charge in [-0.05, 0) is 13.0 Å². The first-order valence-corrected chi connectivity index (χ1v) is 5.18. The van der Waals surface area contributed by atoms with Gasteiger partial charge >= 0.3 is 0 Å². The summed E-state index contributed by atoms with van der Waals surface area (Å²) < 4.78 is 20.5. The third kappa shape index (κ3) is 2.39. The maximum absolute atomic E-state index is 13.3. The average molecular weight is 220 g/mol. The summed E-state index contributed by atoms with van der Waals surface area (Å²) in [6, 6.07) is 6.58. The molecule has 0 bridgehead atoms. The van der Waals surface area contributed by atoms with Crippen molar-refractivity contribution in [3.05, 3.63) is 48.0 Å². The van der Waals surface area contributed by atoms with Crippen LogP contribution in [-0.2, 0) is 13.2 Å². The summed E-state index contributed by atoms with van der Waals surface area (Å²) in [5.41, 5.74) is 0.548. The van der Waals surface area contributed by atoms with E-state index in [1.165, 1.54) is 6.07 Å². The van der Waals surface area contributed by atoms with E-state index in [0.717, 1.165) is 6.54 Å². The molecular weight excluding hydrogens is 207 g/mol. The minimum absolute atomic E-state index is 0.224. The first-order chi connectivity index (χ1) is 7.79. The fourth-order valence-corrected chi connectivity index (χ4v) is 1.37. The number of aryl methyl sites for hydroxylation is 1. The molecule has 16 heavy (non-hydrogen) atoms. The molecule has 84 valence electrons. The predicted molar refractivity (Wildman–Crippen MR) is 58.6 cm³/mol. The Bertz CT molecular complexity index is 468. The van der Waals surface area contributed by atoms with Gasteiger partial charge in [0.2, 0.25) is 0 Å². The van der Waals surface area contributed by atoms with Crippen molar-refractivity contribution in [3.8, 4) is 5.75 Å². The second-order valence-electron chi connectivity index (χ2n) is 3.41. The molecule has 0 aliphatic carbocycles. The van der Waals surface area contributed by atoms with Crippen LogP contribution in [-0.4, -0.2) is 9.78 Å². The molecule has 3 nitrogen and oxygen atoms in total. The summed E-state index contributed by atoms with van der Waals surface area (Å²) >= 11 is 0. The number of hydrogen-bond donors (Lipinski definition) is 0. The zero-order valence-electron chi connectivity index (χ0n) is 9.06. The Morgan fingerprint density at radius 3 is 2.88 bits per heavy atom. The highest BCUT2D eigenvalue weighted by atomic mass is 19.1. The van der Waals surface area contributed by atoms with Crippen LogP contribution in [0.1, 0.15) is 12.5 Å². The zero-order valence-corrected chi connectivity index (χ0v) is 9.06. The SMILES string of the molecule is CCn1cc(OCc2ccccc2F)cn1. The van der Waals surface area contributed by atoms with Gasteiger partial charge in [0.15, 0.2) is 5.75 Å². The molecule has 1 aromatic carbocycles. The van der Waals surface area contributed by atoms with Gasteiger partial charge in [0.1, 0.15) is 12.4 Å². The van der Waals surface area contributed by atoms with E-state index in [1.807, 2.05) is 6.92 Å². The Morgan fingerprint density at radius 2 is 2.19 bits per heavy atom. The number of rotatable bonds is 4. The summed E-state index contributed by atoms with van der Waals surface area (Å²) in [6.07, 6.45) is 3.42. The van der Waals surface area contributed by atoms with E-state index in [0.29, 0.717) is 11.3 Å². The van der Waals surface area contributed by atoms with Gasteiger partial charge in [-0.15, -0.1) is 0 Å². The van der Waals surface area contributed by atoms with E-state index < -0.39 is 0 Å². The third-order valence-corrected chi connectivity index (χ3v) is 2.29. The third-order valence-electron chi connectivity index (χ3n) is 2.29. The van der Waals surface area contributed by atoms with Crippen LogP contribution in [0.4, 0.5) is 4.39 Å². The smallest absolute Gasteiger partial charge is 0.157 e. The molecule has 0 N–H and O–H groups in total. The first-order valence-electron chi connectivity index (χ1n) is 5.18. The predicted octanol–water partition coefficient (Wildman–Crippen LogP) is 2.62. The highest BCUT2D eigenvalue weighted by Crippen LogP contribution is 2.13. The minimum atomic E-state index is -0.245. The molecular formula is C12H13FN2O. The fourth-order valence-electron chi connectivity index (χ4n) is 1.37. The molecule has 0 saturated heterocycles. The van der Waals surface area contributed by atoms with E-state index in [4.69, 9.17) is 4.74 Å². The molecule has 0 fully saturated rings. The number of hydrogen-bond acceptors (Lipinski definition) is 2. The van der Waals surface area contributed by atoms with Crippen LogP contribution < -0.4 is 4.74 Å². The second-order valence-corrected chi connectivity index (χ2v) is 3.41. The lowest BCUT2D eigenvalue weighted by atomic mass is 10.2. The number of ether oxygens (including phenoxy) is 1. The normalized spacial score (nSPS) is 10.4. The van der Waals surface area contributed by atoms with Crippen molar-refractivity contribution in [1.29, 1.82) is 0 Å². The maximum atomic E-state index is 13.3. The molecule has 2 aromatic rings. The van der Waals surface area contributed by atoms with Gasteiger partial charge in [0.05, 0.1) is 12.4 Å². The number of nitrogens with zero attached hydrogens (tertiary/aromatic N) is 2. The maximum Gasteiger partial charge on any atom is 0.157 e. The molecule has 0 saturated carbocycles. The Labute approximate surface area is 93.5 Å². The molecule has 0 unspecified atom stereocenters. The van der Waals surface area contributed by atoms with Gasteiger partial charge in [0, 0.05) is 12.1 Å². The van der Waals surface area contributed by atoms with Crippen molar-refractivity contribution < 1.29 is 9.13 Å². The second kappa shape index (κ2) is 4.79. The van der Waals surface area contributed by atoms with Gasteiger partial charge in [0.25, 0.3) is 0 Å². The van der Waals surface area contributed by atoms with Crippen LogP contribution in [0.3, 0.4) is 0 Å². The first kappa shape index (κ1) is 10.7. The van der Waals surface area contributed by atoms with Crippen LogP contribution in [0.2, 0.25) is 0 Å². The van der Waals surface area contributed by atoms with Crippen molar-refractivity contribution in [1.82, 2.24) is 9.78 Å². The van der Waals surface area contributed by atoms with Crippen LogP contribution in [0, 0.1) is 5.82 Å². The summed E-state index contributed by atoms with van der Waals surface area (Å²) in [5, 5.41) is 4.07. The monoisotopic (exact) mass is 220 g/mol. The van der Waals surface area contributed by atoms with Crippen molar-refractivity contribution in [2.45, 2.75) is 20.1 Å². The van der Waals surface area contributed by atoms with E-state index in [-0.39, 0.29) is 12.4 Å². The minimum Gasteiger partial charge on any atom is -0.486 e. The summed E-state index contributed by atoms with van der Waals surface area (Å²) in [6.45, 7) is 3.01. The molecule has 0 amide bonds. The van der Waals surface area contributed by atoms with Crippen LogP contribution in [0.15, 0.2) is 36.7 Å². The molecule has 0 spiro atoms. The lowest BCUT2D eigenvalue weighted by molar-refractivity contribution is 0.299.